The van der Waals surface area contributed by atoms with E-state index in [1.807, 2.05) is 0 Å². The molecule has 0 aliphatic rings. The summed E-state index contributed by atoms with van der Waals surface area (Å²) < 4.78 is 10.5. The van der Waals surface area contributed by atoms with Gasteiger partial charge >= 0.3 is 0 Å². The lowest BCUT2D eigenvalue weighted by Gasteiger charge is -2.33. The van der Waals surface area contributed by atoms with Crippen molar-refractivity contribution in [2.75, 3.05) is 40.5 Å². The second-order valence-corrected chi connectivity index (χ2v) is 5.20. The van der Waals surface area contributed by atoms with Gasteiger partial charge in [0.1, 0.15) is 0 Å². The molecular formula is C15H33NO2. The first kappa shape index (κ1) is 17.9. The summed E-state index contributed by atoms with van der Waals surface area (Å²) in [4.78, 5) is 0. The molecule has 1 atom stereocenters. The Hall–Kier alpha value is -0.120. The Morgan fingerprint density at radius 1 is 1.00 bits per heavy atom. The zero-order valence-electron chi connectivity index (χ0n) is 12.9. The molecule has 110 valence electrons. The first-order valence-electron chi connectivity index (χ1n) is 7.46. The minimum absolute atomic E-state index is 0.468. The van der Waals surface area contributed by atoms with Crippen LogP contribution in [-0.2, 0) is 9.47 Å². The largest absolute Gasteiger partial charge is 0.382 e. The number of ether oxygens (including phenoxy) is 2. The van der Waals surface area contributed by atoms with Crippen LogP contribution in [0, 0.1) is 5.41 Å². The highest BCUT2D eigenvalue weighted by Gasteiger charge is 2.25. The fraction of sp³-hybridized carbons (Fsp3) is 1.00. The minimum atomic E-state index is 0.468. The Morgan fingerprint density at radius 2 is 1.72 bits per heavy atom. The molecule has 0 spiro atoms. The van der Waals surface area contributed by atoms with Crippen LogP contribution in [0.3, 0.4) is 0 Å². The summed E-state index contributed by atoms with van der Waals surface area (Å²) in [6.07, 6.45) is 7.63. The molecule has 0 rings (SSSR count). The van der Waals surface area contributed by atoms with Gasteiger partial charge in [-0.3, -0.25) is 0 Å². The molecule has 0 saturated heterocycles. The normalized spacial score (nSPS) is 14.7. The van der Waals surface area contributed by atoms with Gasteiger partial charge in [0, 0.05) is 20.3 Å². The number of methoxy groups -OCH3 is 1. The van der Waals surface area contributed by atoms with Crippen molar-refractivity contribution < 1.29 is 9.47 Å². The molecule has 0 fully saturated rings. The average Bonchev–Trinajstić information content (AvgIpc) is 2.40. The second kappa shape index (κ2) is 11.9. The predicted octanol–water partition coefficient (Wildman–Crippen LogP) is 3.24. The molecule has 3 nitrogen and oxygen atoms in total. The fourth-order valence-corrected chi connectivity index (χ4v) is 2.50. The van der Waals surface area contributed by atoms with Gasteiger partial charge in [0.15, 0.2) is 0 Å². The van der Waals surface area contributed by atoms with Crippen molar-refractivity contribution in [2.45, 2.75) is 52.4 Å². The van der Waals surface area contributed by atoms with Crippen LogP contribution in [0.1, 0.15) is 52.4 Å². The molecule has 1 unspecified atom stereocenters. The zero-order valence-corrected chi connectivity index (χ0v) is 12.9. The Labute approximate surface area is 114 Å². The van der Waals surface area contributed by atoms with Crippen molar-refractivity contribution in [3.8, 4) is 0 Å². The standard InChI is InChI=1S/C15H33NO2/c1-5-7-9-15(6-2,14-16-3)10-8-11-18-13-12-17-4/h16H,5-14H2,1-4H3. The monoisotopic (exact) mass is 259 g/mol. The highest BCUT2D eigenvalue weighted by Crippen LogP contribution is 2.33. The van der Waals surface area contributed by atoms with E-state index in [-0.39, 0.29) is 0 Å². The molecule has 1 N–H and O–H groups in total. The van der Waals surface area contributed by atoms with Gasteiger partial charge in [-0.25, -0.2) is 0 Å². The molecule has 0 aliphatic heterocycles. The van der Waals surface area contributed by atoms with Gasteiger partial charge < -0.3 is 14.8 Å². The molecule has 0 aromatic rings. The van der Waals surface area contributed by atoms with Crippen molar-refractivity contribution in [1.29, 1.82) is 0 Å². The number of nitrogens with one attached hydrogen (secondary N) is 1. The van der Waals surface area contributed by atoms with Crippen molar-refractivity contribution >= 4 is 0 Å². The Balaban J connectivity index is 3.91. The van der Waals surface area contributed by atoms with E-state index >= 15 is 0 Å². The quantitative estimate of drug-likeness (QED) is 0.515. The van der Waals surface area contributed by atoms with Crippen LogP contribution in [0.25, 0.3) is 0 Å². The smallest absolute Gasteiger partial charge is 0.0700 e. The summed E-state index contributed by atoms with van der Waals surface area (Å²) >= 11 is 0. The third-order valence-electron chi connectivity index (χ3n) is 3.79. The molecule has 0 amide bonds. The van der Waals surface area contributed by atoms with Gasteiger partial charge in [-0.15, -0.1) is 0 Å². The van der Waals surface area contributed by atoms with E-state index in [1.54, 1.807) is 7.11 Å². The van der Waals surface area contributed by atoms with Gasteiger partial charge in [-0.1, -0.05) is 26.7 Å². The van der Waals surface area contributed by atoms with Crippen molar-refractivity contribution in [3.63, 3.8) is 0 Å². The van der Waals surface area contributed by atoms with Crippen LogP contribution >= 0.6 is 0 Å². The lowest BCUT2D eigenvalue weighted by atomic mass is 9.76. The van der Waals surface area contributed by atoms with Crippen LogP contribution in [0.5, 0.6) is 0 Å². The average molecular weight is 259 g/mol. The van der Waals surface area contributed by atoms with Gasteiger partial charge in [-0.2, -0.15) is 0 Å². The lowest BCUT2D eigenvalue weighted by Crippen LogP contribution is -2.32. The maximum absolute atomic E-state index is 5.55. The third-order valence-corrected chi connectivity index (χ3v) is 3.79. The number of unbranched alkanes of at least 4 members (excludes halogenated alkanes) is 1. The van der Waals surface area contributed by atoms with Crippen molar-refractivity contribution in [2.24, 2.45) is 5.41 Å². The van der Waals surface area contributed by atoms with E-state index < -0.39 is 0 Å². The van der Waals surface area contributed by atoms with Gasteiger partial charge in [-0.05, 0) is 38.1 Å². The first-order valence-corrected chi connectivity index (χ1v) is 7.46. The Morgan fingerprint density at radius 3 is 2.28 bits per heavy atom. The number of hydrogen-bond donors (Lipinski definition) is 1. The Kier molecular flexibility index (Phi) is 11.9. The molecule has 0 aromatic heterocycles. The van der Waals surface area contributed by atoms with E-state index in [0.29, 0.717) is 12.0 Å². The molecule has 0 heterocycles. The van der Waals surface area contributed by atoms with Crippen LogP contribution < -0.4 is 5.32 Å². The summed E-state index contributed by atoms with van der Waals surface area (Å²) in [6.45, 7) is 8.00. The molecule has 0 aliphatic carbocycles. The van der Waals surface area contributed by atoms with Crippen LogP contribution in [0.2, 0.25) is 0 Å². The van der Waals surface area contributed by atoms with Crippen molar-refractivity contribution in [1.82, 2.24) is 5.32 Å². The molecular weight excluding hydrogens is 226 g/mol. The minimum Gasteiger partial charge on any atom is -0.382 e. The molecule has 0 saturated carbocycles. The highest BCUT2D eigenvalue weighted by molar-refractivity contribution is 4.79. The first-order chi connectivity index (χ1) is 8.74. The van der Waals surface area contributed by atoms with E-state index in [2.05, 4.69) is 26.2 Å². The third kappa shape index (κ3) is 8.06. The van der Waals surface area contributed by atoms with E-state index in [1.165, 1.54) is 32.1 Å². The summed E-state index contributed by atoms with van der Waals surface area (Å²) in [5.41, 5.74) is 0.468. The number of rotatable bonds is 13. The van der Waals surface area contributed by atoms with E-state index in [4.69, 9.17) is 9.47 Å². The van der Waals surface area contributed by atoms with Gasteiger partial charge in [0.05, 0.1) is 13.2 Å². The van der Waals surface area contributed by atoms with Crippen LogP contribution in [-0.4, -0.2) is 40.5 Å². The predicted molar refractivity (Wildman–Crippen MR) is 78.1 cm³/mol. The summed E-state index contributed by atoms with van der Waals surface area (Å²) in [5.74, 6) is 0. The van der Waals surface area contributed by atoms with Gasteiger partial charge in [0.2, 0.25) is 0 Å². The SMILES string of the molecule is CCCCC(CC)(CCCOCCOC)CNC. The van der Waals surface area contributed by atoms with Crippen LogP contribution in [0.4, 0.5) is 0 Å². The highest BCUT2D eigenvalue weighted by atomic mass is 16.5. The molecule has 0 aromatic carbocycles. The zero-order chi connectivity index (χ0) is 13.7. The topological polar surface area (TPSA) is 30.5 Å². The van der Waals surface area contributed by atoms with Gasteiger partial charge in [0.25, 0.3) is 0 Å². The molecule has 18 heavy (non-hydrogen) atoms. The molecule has 3 heteroatoms. The number of hydrogen-bond acceptors (Lipinski definition) is 3. The summed E-state index contributed by atoms with van der Waals surface area (Å²) in [6, 6.07) is 0. The lowest BCUT2D eigenvalue weighted by molar-refractivity contribution is 0.0620. The Bertz CT molecular complexity index is 176. The maximum atomic E-state index is 5.55. The summed E-state index contributed by atoms with van der Waals surface area (Å²) in [5, 5.41) is 3.37. The fourth-order valence-electron chi connectivity index (χ4n) is 2.50. The maximum Gasteiger partial charge on any atom is 0.0700 e. The van der Waals surface area contributed by atoms with Crippen molar-refractivity contribution in [3.05, 3.63) is 0 Å². The summed E-state index contributed by atoms with van der Waals surface area (Å²) in [7, 11) is 3.77. The van der Waals surface area contributed by atoms with Crippen LogP contribution in [0.15, 0.2) is 0 Å². The molecule has 0 radical (unpaired) electrons. The molecule has 0 bridgehead atoms. The van der Waals surface area contributed by atoms with E-state index in [0.717, 1.165) is 26.2 Å². The van der Waals surface area contributed by atoms with E-state index in [9.17, 15) is 0 Å². The second-order valence-electron chi connectivity index (χ2n) is 5.20.